The molecule has 3 aromatic rings. The number of pyridine rings is 2. The van der Waals surface area contributed by atoms with Crippen LogP contribution in [-0.4, -0.2) is 21.6 Å². The lowest BCUT2D eigenvalue weighted by Gasteiger charge is -2.09. The van der Waals surface area contributed by atoms with Crippen molar-refractivity contribution in [3.8, 4) is 11.3 Å². The number of rotatable bonds is 5. The van der Waals surface area contributed by atoms with Crippen molar-refractivity contribution < 1.29 is 4.79 Å². The Morgan fingerprint density at radius 3 is 2.68 bits per heavy atom. The highest BCUT2D eigenvalue weighted by Crippen LogP contribution is 2.24. The molecule has 0 aliphatic carbocycles. The van der Waals surface area contributed by atoms with Crippen molar-refractivity contribution in [1.29, 1.82) is 0 Å². The third-order valence-electron chi connectivity index (χ3n) is 3.90. The summed E-state index contributed by atoms with van der Waals surface area (Å²) in [4.78, 5) is 21.4. The van der Waals surface area contributed by atoms with Crippen molar-refractivity contribution in [1.82, 2.24) is 15.4 Å². The fraction of sp³-hybridized carbons (Fsp3) is 0.200. The molecule has 1 aromatic carbocycles. The van der Waals surface area contributed by atoms with Gasteiger partial charge in [0.2, 0.25) is 0 Å². The molecule has 5 nitrogen and oxygen atoms in total. The summed E-state index contributed by atoms with van der Waals surface area (Å²) in [6.07, 6.45) is 5.28. The topological polar surface area (TPSA) is 67.2 Å². The van der Waals surface area contributed by atoms with Crippen molar-refractivity contribution in [2.24, 2.45) is 5.10 Å². The van der Waals surface area contributed by atoms with Gasteiger partial charge >= 0.3 is 0 Å². The molecule has 2 aromatic heterocycles. The molecule has 0 radical (unpaired) electrons. The number of benzene rings is 1. The highest BCUT2D eigenvalue weighted by molar-refractivity contribution is 6.07. The number of hydrogen-bond donors (Lipinski definition) is 1. The van der Waals surface area contributed by atoms with Gasteiger partial charge in [-0.25, -0.2) is 10.4 Å². The summed E-state index contributed by atoms with van der Waals surface area (Å²) in [6, 6.07) is 13.2. The maximum Gasteiger partial charge on any atom is 0.272 e. The first kappa shape index (κ1) is 16.8. The molecular weight excluding hydrogens is 312 g/mol. The zero-order valence-electron chi connectivity index (χ0n) is 14.4. The van der Waals surface area contributed by atoms with Crippen LogP contribution in [0.5, 0.6) is 0 Å². The van der Waals surface area contributed by atoms with Crippen molar-refractivity contribution in [3.63, 3.8) is 0 Å². The number of para-hydroxylation sites is 1. The van der Waals surface area contributed by atoms with E-state index in [-0.39, 0.29) is 5.91 Å². The summed E-state index contributed by atoms with van der Waals surface area (Å²) in [5, 5.41) is 4.99. The number of carbonyl (C=O) groups is 1. The van der Waals surface area contributed by atoms with E-state index in [4.69, 9.17) is 0 Å². The number of nitrogens with zero attached hydrogens (tertiary/aromatic N) is 3. The lowest BCUT2D eigenvalue weighted by atomic mass is 10.0. The smallest absolute Gasteiger partial charge is 0.267 e. The monoisotopic (exact) mass is 332 g/mol. The Morgan fingerprint density at radius 1 is 1.16 bits per heavy atom. The lowest BCUT2D eigenvalue weighted by Crippen LogP contribution is -2.19. The maximum atomic E-state index is 12.7. The normalized spacial score (nSPS) is 11.5. The molecule has 0 fully saturated rings. The fourth-order valence-corrected chi connectivity index (χ4v) is 2.66. The van der Waals surface area contributed by atoms with E-state index in [0.29, 0.717) is 5.56 Å². The molecule has 0 unspecified atom stereocenters. The minimum absolute atomic E-state index is 0.232. The van der Waals surface area contributed by atoms with Crippen LogP contribution in [0.1, 0.15) is 37.0 Å². The minimum atomic E-state index is -0.232. The summed E-state index contributed by atoms with van der Waals surface area (Å²) < 4.78 is 0. The third kappa shape index (κ3) is 3.88. The summed E-state index contributed by atoms with van der Waals surface area (Å²) in [5.74, 6) is -0.232. The predicted molar refractivity (Wildman–Crippen MR) is 100 cm³/mol. The third-order valence-corrected chi connectivity index (χ3v) is 3.90. The Balaban J connectivity index is 2.04. The van der Waals surface area contributed by atoms with E-state index in [1.807, 2.05) is 43.3 Å². The van der Waals surface area contributed by atoms with Crippen LogP contribution < -0.4 is 5.43 Å². The second-order valence-electron chi connectivity index (χ2n) is 5.85. The van der Waals surface area contributed by atoms with Crippen LogP contribution in [0.15, 0.2) is 60.0 Å². The average Bonchev–Trinajstić information content (AvgIpc) is 2.66. The van der Waals surface area contributed by atoms with E-state index in [1.165, 1.54) is 0 Å². The van der Waals surface area contributed by atoms with E-state index < -0.39 is 0 Å². The van der Waals surface area contributed by atoms with E-state index in [9.17, 15) is 4.79 Å². The first-order valence-electron chi connectivity index (χ1n) is 8.32. The molecule has 1 N–H and O–H groups in total. The number of hydrazone groups is 1. The van der Waals surface area contributed by atoms with Crippen molar-refractivity contribution in [2.75, 3.05) is 0 Å². The molecule has 0 spiro atoms. The minimum Gasteiger partial charge on any atom is -0.267 e. The molecule has 126 valence electrons. The Hall–Kier alpha value is -3.08. The Bertz CT molecular complexity index is 919. The number of nitrogens with one attached hydrogen (secondary N) is 1. The first-order chi connectivity index (χ1) is 12.2. The number of amides is 1. The van der Waals surface area contributed by atoms with Crippen LogP contribution >= 0.6 is 0 Å². The van der Waals surface area contributed by atoms with Crippen LogP contribution in [0.3, 0.4) is 0 Å². The van der Waals surface area contributed by atoms with Crippen LogP contribution in [0.2, 0.25) is 0 Å². The zero-order chi connectivity index (χ0) is 17.6. The van der Waals surface area contributed by atoms with Gasteiger partial charge in [-0.2, -0.15) is 5.10 Å². The van der Waals surface area contributed by atoms with Crippen LogP contribution in [-0.2, 0) is 0 Å². The Labute approximate surface area is 146 Å². The lowest BCUT2D eigenvalue weighted by molar-refractivity contribution is 0.0956. The average molecular weight is 332 g/mol. The SMILES string of the molecule is CCC/C(C)=N\NC(=O)c1cc(-c2ccncc2)nc2ccccc12. The highest BCUT2D eigenvalue weighted by Gasteiger charge is 2.13. The highest BCUT2D eigenvalue weighted by atomic mass is 16.2. The van der Waals surface area contributed by atoms with Crippen molar-refractivity contribution in [3.05, 3.63) is 60.4 Å². The van der Waals surface area contributed by atoms with E-state index in [1.54, 1.807) is 18.5 Å². The summed E-state index contributed by atoms with van der Waals surface area (Å²) in [7, 11) is 0. The number of aromatic nitrogens is 2. The van der Waals surface area contributed by atoms with E-state index in [2.05, 4.69) is 27.4 Å². The van der Waals surface area contributed by atoms with Crippen molar-refractivity contribution >= 4 is 22.5 Å². The standard InChI is InChI=1S/C20H20N4O/c1-3-6-14(2)23-24-20(25)17-13-19(15-9-11-21-12-10-15)22-18-8-5-4-7-16(17)18/h4-5,7-13H,3,6H2,1-2H3,(H,24,25)/b23-14-. The van der Waals surface area contributed by atoms with E-state index in [0.717, 1.165) is 40.7 Å². The predicted octanol–water partition coefficient (Wildman–Crippen LogP) is 4.20. The van der Waals surface area contributed by atoms with Gasteiger partial charge in [-0.3, -0.25) is 9.78 Å². The molecule has 0 aliphatic heterocycles. The van der Waals surface area contributed by atoms with E-state index >= 15 is 0 Å². The van der Waals surface area contributed by atoms with Gasteiger partial charge in [0.15, 0.2) is 0 Å². The van der Waals surface area contributed by atoms with Crippen LogP contribution in [0.4, 0.5) is 0 Å². The molecule has 25 heavy (non-hydrogen) atoms. The zero-order valence-corrected chi connectivity index (χ0v) is 14.4. The Morgan fingerprint density at radius 2 is 1.92 bits per heavy atom. The van der Waals surface area contributed by atoms with Gasteiger partial charge in [0, 0.05) is 29.1 Å². The van der Waals surface area contributed by atoms with Gasteiger partial charge < -0.3 is 0 Å². The first-order valence-corrected chi connectivity index (χ1v) is 8.32. The molecule has 3 rings (SSSR count). The second kappa shape index (κ2) is 7.66. The van der Waals surface area contributed by atoms with Gasteiger partial charge in [-0.1, -0.05) is 31.5 Å². The molecule has 1 amide bonds. The van der Waals surface area contributed by atoms with Gasteiger partial charge in [-0.15, -0.1) is 0 Å². The molecule has 0 aliphatic rings. The molecule has 0 atom stereocenters. The molecule has 5 heteroatoms. The molecule has 0 saturated carbocycles. The number of hydrogen-bond acceptors (Lipinski definition) is 4. The molecule has 0 bridgehead atoms. The second-order valence-corrected chi connectivity index (χ2v) is 5.85. The summed E-state index contributed by atoms with van der Waals surface area (Å²) >= 11 is 0. The number of fused-ring (bicyclic) bond motifs is 1. The van der Waals surface area contributed by atoms with Crippen LogP contribution in [0.25, 0.3) is 22.2 Å². The number of carbonyl (C=O) groups excluding carboxylic acids is 1. The van der Waals surface area contributed by atoms with Gasteiger partial charge in [-0.05, 0) is 37.6 Å². The molecular formula is C20H20N4O. The largest absolute Gasteiger partial charge is 0.272 e. The van der Waals surface area contributed by atoms with Gasteiger partial charge in [0.25, 0.3) is 5.91 Å². The summed E-state index contributed by atoms with van der Waals surface area (Å²) in [6.45, 7) is 4.00. The fourth-order valence-electron chi connectivity index (χ4n) is 2.66. The Kier molecular flexibility index (Phi) is 5.14. The van der Waals surface area contributed by atoms with Crippen LogP contribution in [0, 0.1) is 0 Å². The maximum absolute atomic E-state index is 12.7. The summed E-state index contributed by atoms with van der Waals surface area (Å²) in [5.41, 5.74) is 6.56. The van der Waals surface area contributed by atoms with Gasteiger partial charge in [0.1, 0.15) is 0 Å². The molecule has 2 heterocycles. The quantitative estimate of drug-likeness (QED) is 0.562. The molecule has 0 saturated heterocycles. The van der Waals surface area contributed by atoms with Gasteiger partial charge in [0.05, 0.1) is 16.8 Å². The van der Waals surface area contributed by atoms with Crippen molar-refractivity contribution in [2.45, 2.75) is 26.7 Å².